The highest BCUT2D eigenvalue weighted by Gasteiger charge is 2.25. The zero-order chi connectivity index (χ0) is 40.7. The van der Waals surface area contributed by atoms with Crippen molar-refractivity contribution in [3.05, 3.63) is 218 Å². The number of para-hydroxylation sites is 8. The Morgan fingerprint density at radius 3 is 1.18 bits per heavy atom. The van der Waals surface area contributed by atoms with E-state index in [4.69, 9.17) is 9.97 Å². The molecule has 62 heavy (non-hydrogen) atoms. The minimum absolute atomic E-state index is 0.851. The first kappa shape index (κ1) is 34.4. The number of fused-ring (bicyclic) bond motifs is 8. The van der Waals surface area contributed by atoms with Crippen LogP contribution in [0, 0.1) is 0 Å². The lowest BCUT2D eigenvalue weighted by Crippen LogP contribution is -2.03. The van der Waals surface area contributed by atoms with Crippen LogP contribution in [-0.2, 0) is 0 Å². The number of hydrogen-bond donors (Lipinski definition) is 0. The molecule has 0 aliphatic rings. The van der Waals surface area contributed by atoms with Crippen LogP contribution in [0.25, 0.3) is 111 Å². The molecule has 0 saturated heterocycles. The molecule has 4 aromatic heterocycles. The van der Waals surface area contributed by atoms with Crippen LogP contribution in [-0.4, -0.2) is 28.2 Å². The summed E-state index contributed by atoms with van der Waals surface area (Å²) >= 11 is 0. The molecule has 0 aliphatic heterocycles. The predicted octanol–water partition coefficient (Wildman–Crippen LogP) is 13.9. The van der Waals surface area contributed by atoms with Gasteiger partial charge in [-0.2, -0.15) is 0 Å². The van der Waals surface area contributed by atoms with Crippen LogP contribution in [0.4, 0.5) is 0 Å². The fraction of sp³-hybridized carbons (Fsp3) is 0. The Morgan fingerprint density at radius 1 is 0.274 bits per heavy atom. The number of benzene rings is 9. The number of rotatable bonds is 6. The van der Waals surface area contributed by atoms with Crippen molar-refractivity contribution in [1.29, 1.82) is 0 Å². The van der Waals surface area contributed by atoms with Gasteiger partial charge in [0.05, 0.1) is 50.0 Å². The molecule has 6 heteroatoms. The van der Waals surface area contributed by atoms with Gasteiger partial charge >= 0.3 is 0 Å². The molecule has 0 unspecified atom stereocenters. The molecule has 6 nitrogen and oxygen atoms in total. The van der Waals surface area contributed by atoms with Crippen LogP contribution in [0.2, 0.25) is 0 Å². The standard InChI is InChI=1S/C56H36N6/c1-3-17-39(18-4-1)59-50-30-16-11-25-45(50)57-55(59)37-31-33-38(34-32-37)56-58-53-51(61-46-26-12-7-21-41(46)42-22-8-13-27-47(42)61)35-36-52(54(53)60(56)40-19-5-2-6-20-40)62-48-28-14-9-23-43(48)44-24-10-15-29-49(44)62/h1-36H. The third kappa shape index (κ3) is 5.04. The molecule has 0 saturated carbocycles. The van der Waals surface area contributed by atoms with Crippen molar-refractivity contribution < 1.29 is 0 Å². The van der Waals surface area contributed by atoms with E-state index < -0.39 is 0 Å². The second-order valence-corrected chi connectivity index (χ2v) is 15.8. The van der Waals surface area contributed by atoms with Gasteiger partial charge in [-0.25, -0.2) is 9.97 Å². The molecule has 0 spiro atoms. The van der Waals surface area contributed by atoms with E-state index in [9.17, 15) is 0 Å². The lowest BCUT2D eigenvalue weighted by atomic mass is 10.1. The highest BCUT2D eigenvalue weighted by Crippen LogP contribution is 2.42. The maximum Gasteiger partial charge on any atom is 0.145 e. The smallest absolute Gasteiger partial charge is 0.145 e. The Morgan fingerprint density at radius 2 is 0.661 bits per heavy atom. The van der Waals surface area contributed by atoms with Crippen molar-refractivity contribution in [2.24, 2.45) is 0 Å². The van der Waals surface area contributed by atoms with Crippen LogP contribution in [0.15, 0.2) is 218 Å². The molecule has 0 bridgehead atoms. The van der Waals surface area contributed by atoms with E-state index >= 15 is 0 Å². The minimum Gasteiger partial charge on any atom is -0.307 e. The van der Waals surface area contributed by atoms with Gasteiger partial charge in [0, 0.05) is 44.0 Å². The molecule has 0 aliphatic carbocycles. The average Bonchev–Trinajstić information content (AvgIpc) is 4.11. The van der Waals surface area contributed by atoms with Crippen molar-refractivity contribution in [1.82, 2.24) is 28.2 Å². The molecular weight excluding hydrogens is 757 g/mol. The van der Waals surface area contributed by atoms with Gasteiger partial charge in [-0.15, -0.1) is 0 Å². The Hall–Kier alpha value is -8.48. The number of imidazole rings is 2. The van der Waals surface area contributed by atoms with Crippen LogP contribution >= 0.6 is 0 Å². The second-order valence-electron chi connectivity index (χ2n) is 15.8. The molecular formula is C56H36N6. The van der Waals surface area contributed by atoms with Crippen molar-refractivity contribution >= 4 is 65.7 Å². The molecule has 0 N–H and O–H groups in total. The zero-order valence-electron chi connectivity index (χ0n) is 33.5. The Balaban J connectivity index is 1.12. The lowest BCUT2D eigenvalue weighted by molar-refractivity contribution is 1.08. The van der Waals surface area contributed by atoms with E-state index in [1.165, 1.54) is 21.5 Å². The van der Waals surface area contributed by atoms with Gasteiger partial charge in [0.25, 0.3) is 0 Å². The summed E-state index contributed by atoms with van der Waals surface area (Å²) in [5.41, 5.74) is 14.7. The third-order valence-corrected chi connectivity index (χ3v) is 12.4. The van der Waals surface area contributed by atoms with Gasteiger partial charge in [0.1, 0.15) is 17.2 Å². The van der Waals surface area contributed by atoms with Gasteiger partial charge in [-0.3, -0.25) is 9.13 Å². The first-order chi connectivity index (χ1) is 30.8. The van der Waals surface area contributed by atoms with E-state index in [0.29, 0.717) is 0 Å². The van der Waals surface area contributed by atoms with Crippen molar-refractivity contribution in [3.63, 3.8) is 0 Å². The Bertz CT molecular complexity index is 3740. The van der Waals surface area contributed by atoms with Gasteiger partial charge in [0.2, 0.25) is 0 Å². The molecule has 0 radical (unpaired) electrons. The van der Waals surface area contributed by atoms with Crippen LogP contribution in [0.5, 0.6) is 0 Å². The quantitative estimate of drug-likeness (QED) is 0.168. The first-order valence-corrected chi connectivity index (χ1v) is 21.0. The minimum atomic E-state index is 0.851. The number of nitrogens with zero attached hydrogens (tertiary/aromatic N) is 6. The molecule has 4 heterocycles. The van der Waals surface area contributed by atoms with E-state index in [-0.39, 0.29) is 0 Å². The lowest BCUT2D eigenvalue weighted by Gasteiger charge is -2.17. The van der Waals surface area contributed by atoms with Gasteiger partial charge in [-0.05, 0) is 72.8 Å². The summed E-state index contributed by atoms with van der Waals surface area (Å²) in [5, 5.41) is 4.85. The fourth-order valence-corrected chi connectivity index (χ4v) is 9.72. The van der Waals surface area contributed by atoms with Crippen molar-refractivity contribution in [3.8, 4) is 45.5 Å². The van der Waals surface area contributed by atoms with Crippen molar-refractivity contribution in [2.75, 3.05) is 0 Å². The van der Waals surface area contributed by atoms with Crippen LogP contribution in [0.1, 0.15) is 0 Å². The van der Waals surface area contributed by atoms with Crippen molar-refractivity contribution in [2.45, 2.75) is 0 Å². The molecule has 0 amide bonds. The summed E-state index contributed by atoms with van der Waals surface area (Å²) in [6, 6.07) is 77.7. The topological polar surface area (TPSA) is 45.5 Å². The van der Waals surface area contributed by atoms with E-state index in [2.05, 4.69) is 231 Å². The summed E-state index contributed by atoms with van der Waals surface area (Å²) in [6.45, 7) is 0. The summed E-state index contributed by atoms with van der Waals surface area (Å²) in [6.07, 6.45) is 0. The SMILES string of the molecule is c1ccc(-n2c(-c3ccc(-c4nc5c(-n6c7ccccc7c7ccccc76)ccc(-n6c7ccccc7c7ccccc76)c5n4-c4ccccc4)cc3)nc3ccccc32)cc1. The first-order valence-electron chi connectivity index (χ1n) is 21.0. The molecule has 13 rings (SSSR count). The van der Waals surface area contributed by atoms with Gasteiger partial charge in [-0.1, -0.05) is 146 Å². The summed E-state index contributed by atoms with van der Waals surface area (Å²) in [4.78, 5) is 10.9. The van der Waals surface area contributed by atoms with Crippen LogP contribution in [0.3, 0.4) is 0 Å². The highest BCUT2D eigenvalue weighted by atomic mass is 15.1. The highest BCUT2D eigenvalue weighted by molar-refractivity contribution is 6.13. The Labute approximate surface area is 356 Å². The summed E-state index contributed by atoms with van der Waals surface area (Å²) < 4.78 is 9.43. The van der Waals surface area contributed by atoms with E-state index in [1.807, 2.05) is 6.07 Å². The maximum absolute atomic E-state index is 5.77. The largest absolute Gasteiger partial charge is 0.307 e. The molecule has 13 aromatic rings. The normalized spacial score (nSPS) is 11.9. The number of aromatic nitrogens is 6. The van der Waals surface area contributed by atoms with E-state index in [0.717, 1.165) is 89.7 Å². The van der Waals surface area contributed by atoms with Crippen LogP contribution < -0.4 is 0 Å². The third-order valence-electron chi connectivity index (χ3n) is 12.4. The summed E-state index contributed by atoms with van der Waals surface area (Å²) in [7, 11) is 0. The second kappa shape index (κ2) is 13.5. The zero-order valence-corrected chi connectivity index (χ0v) is 33.5. The predicted molar refractivity (Wildman–Crippen MR) is 255 cm³/mol. The fourth-order valence-electron chi connectivity index (χ4n) is 9.72. The molecule has 0 atom stereocenters. The molecule has 9 aromatic carbocycles. The van der Waals surface area contributed by atoms with E-state index in [1.54, 1.807) is 0 Å². The summed E-state index contributed by atoms with van der Waals surface area (Å²) in [5.74, 6) is 1.74. The van der Waals surface area contributed by atoms with Gasteiger partial charge < -0.3 is 9.13 Å². The molecule has 290 valence electrons. The Kier molecular flexibility index (Phi) is 7.50. The number of hydrogen-bond acceptors (Lipinski definition) is 2. The van der Waals surface area contributed by atoms with Gasteiger partial charge in [0.15, 0.2) is 0 Å². The average molecular weight is 793 g/mol. The maximum atomic E-state index is 5.77. The molecule has 0 fully saturated rings. The monoisotopic (exact) mass is 792 g/mol.